The van der Waals surface area contributed by atoms with Gasteiger partial charge in [0.15, 0.2) is 0 Å². The van der Waals surface area contributed by atoms with Crippen LogP contribution in [0.1, 0.15) is 12.5 Å². The van der Waals surface area contributed by atoms with Crippen molar-refractivity contribution in [1.29, 1.82) is 0 Å². The maximum atomic E-state index is 12.8. The molecule has 1 N–H and O–H groups in total. The van der Waals surface area contributed by atoms with Crippen molar-refractivity contribution in [1.82, 2.24) is 0 Å². The summed E-state index contributed by atoms with van der Waals surface area (Å²) < 4.78 is 13.5. The number of aliphatic hydroxyl groups excluding tert-OH is 1. The Bertz CT molecular complexity index is 255. The van der Waals surface area contributed by atoms with E-state index in [1.807, 2.05) is 0 Å². The van der Waals surface area contributed by atoms with Crippen LogP contribution in [0.3, 0.4) is 0 Å². The van der Waals surface area contributed by atoms with Crippen LogP contribution in [0.15, 0.2) is 22.7 Å². The lowest BCUT2D eigenvalue weighted by Crippen LogP contribution is -2.00. The highest BCUT2D eigenvalue weighted by atomic mass is 79.9. The Morgan fingerprint density at radius 1 is 1.50 bits per heavy atom. The van der Waals surface area contributed by atoms with Gasteiger partial charge in [-0.25, -0.2) is 4.39 Å². The molecule has 0 bridgehead atoms. The number of rotatable bonds is 2. The van der Waals surface area contributed by atoms with Gasteiger partial charge < -0.3 is 5.11 Å². The third-order valence-electron chi connectivity index (χ3n) is 1.59. The summed E-state index contributed by atoms with van der Waals surface area (Å²) >= 11 is 3.18. The second-order valence-electron chi connectivity index (χ2n) is 2.60. The summed E-state index contributed by atoms with van der Waals surface area (Å²) in [6.45, 7) is 1.72. The first kappa shape index (κ1) is 9.68. The maximum absolute atomic E-state index is 12.8. The van der Waals surface area contributed by atoms with Crippen LogP contribution in [0.2, 0.25) is 0 Å². The first-order valence-electron chi connectivity index (χ1n) is 3.53. The Balaban J connectivity index is 3.00. The van der Waals surface area contributed by atoms with E-state index in [2.05, 4.69) is 15.9 Å². The summed E-state index contributed by atoms with van der Waals surface area (Å²) in [6.07, 6.45) is 0. The molecule has 0 aliphatic heterocycles. The van der Waals surface area contributed by atoms with Gasteiger partial charge in [-0.1, -0.05) is 22.9 Å². The predicted molar refractivity (Wildman–Crippen MR) is 49.2 cm³/mol. The summed E-state index contributed by atoms with van der Waals surface area (Å²) in [6, 6.07) is 4.55. The molecule has 0 unspecified atom stereocenters. The average molecular weight is 232 g/mol. The molecule has 0 spiro atoms. The monoisotopic (exact) mass is 231 g/mol. The summed E-state index contributed by atoms with van der Waals surface area (Å²) in [7, 11) is 0. The van der Waals surface area contributed by atoms with Crippen LogP contribution in [-0.4, -0.2) is 11.7 Å². The summed E-state index contributed by atoms with van der Waals surface area (Å²) in [4.78, 5) is 0. The minimum atomic E-state index is -0.299. The largest absolute Gasteiger partial charge is 0.395 e. The van der Waals surface area contributed by atoms with Crippen molar-refractivity contribution in [3.05, 3.63) is 40.0 Å². The number of halogens is 2. The molecule has 0 aliphatic rings. The molecule has 0 atom stereocenters. The second kappa shape index (κ2) is 4.01. The fraction of sp³-hybridized carbons (Fsp3) is 0.222. The van der Waals surface area contributed by atoms with E-state index in [9.17, 15) is 4.39 Å². The van der Waals surface area contributed by atoms with E-state index in [-0.39, 0.29) is 12.4 Å². The second-order valence-corrected chi connectivity index (χ2v) is 3.51. The molecule has 0 heterocycles. The van der Waals surface area contributed by atoms with Crippen molar-refractivity contribution in [2.75, 3.05) is 6.61 Å². The van der Waals surface area contributed by atoms with Crippen molar-refractivity contribution in [3.63, 3.8) is 0 Å². The highest BCUT2D eigenvalue weighted by Crippen LogP contribution is 2.20. The lowest BCUT2D eigenvalue weighted by molar-refractivity contribution is 0.315. The van der Waals surface area contributed by atoms with Gasteiger partial charge in [0.2, 0.25) is 0 Å². The Hall–Kier alpha value is -0.410. The van der Waals surface area contributed by atoms with Crippen LogP contribution in [0.25, 0.3) is 0 Å². The summed E-state index contributed by atoms with van der Waals surface area (Å²) in [5.74, 6) is 0.461. The van der Waals surface area contributed by atoms with Crippen LogP contribution in [0.5, 0.6) is 0 Å². The van der Waals surface area contributed by atoms with Crippen LogP contribution in [0, 0.1) is 11.7 Å². The molecule has 1 nitrogen and oxygen atoms in total. The highest BCUT2D eigenvalue weighted by Gasteiger charge is 2.06. The molecule has 0 aliphatic carbocycles. The molecule has 3 heteroatoms. The van der Waals surface area contributed by atoms with Gasteiger partial charge in [-0.2, -0.15) is 0 Å². The molecule has 1 rings (SSSR count). The zero-order chi connectivity index (χ0) is 9.14. The van der Waals surface area contributed by atoms with Crippen LogP contribution in [0.4, 0.5) is 4.39 Å². The van der Waals surface area contributed by atoms with Gasteiger partial charge in [0, 0.05) is 10.4 Å². The van der Waals surface area contributed by atoms with E-state index in [0.29, 0.717) is 4.47 Å². The van der Waals surface area contributed by atoms with Crippen LogP contribution >= 0.6 is 15.9 Å². The van der Waals surface area contributed by atoms with E-state index in [1.165, 1.54) is 12.1 Å². The lowest BCUT2D eigenvalue weighted by Gasteiger charge is -2.07. The fourth-order valence-corrected chi connectivity index (χ4v) is 1.36. The lowest BCUT2D eigenvalue weighted by atomic mass is 10.0. The molecule has 0 aromatic heterocycles. The van der Waals surface area contributed by atoms with Gasteiger partial charge in [0.1, 0.15) is 5.82 Å². The van der Waals surface area contributed by atoms with Crippen molar-refractivity contribution >= 4 is 15.9 Å². The number of hydrogen-bond acceptors (Lipinski definition) is 1. The number of benzene rings is 1. The summed E-state index contributed by atoms with van der Waals surface area (Å²) in [5, 5.41) is 8.80. The van der Waals surface area contributed by atoms with Gasteiger partial charge in [0.05, 0.1) is 6.61 Å². The molecule has 1 radical (unpaired) electrons. The molecule has 0 saturated carbocycles. The van der Waals surface area contributed by atoms with Crippen LogP contribution < -0.4 is 0 Å². The van der Waals surface area contributed by atoms with E-state index in [1.54, 1.807) is 13.0 Å². The minimum absolute atomic E-state index is 0.0457. The van der Waals surface area contributed by atoms with Crippen molar-refractivity contribution in [2.24, 2.45) is 0 Å². The quantitative estimate of drug-likeness (QED) is 0.830. The van der Waals surface area contributed by atoms with E-state index in [0.717, 1.165) is 11.5 Å². The normalized spacial score (nSPS) is 10.8. The van der Waals surface area contributed by atoms with Gasteiger partial charge in [0.25, 0.3) is 0 Å². The molecule has 65 valence electrons. The van der Waals surface area contributed by atoms with Gasteiger partial charge in [-0.3, -0.25) is 0 Å². The van der Waals surface area contributed by atoms with Crippen LogP contribution in [-0.2, 0) is 0 Å². The SMILES string of the molecule is C[C](CO)c1cc(F)cc(Br)c1. The first-order chi connectivity index (χ1) is 5.63. The molecule has 0 fully saturated rings. The zero-order valence-electron chi connectivity index (χ0n) is 6.64. The maximum Gasteiger partial charge on any atom is 0.124 e. The van der Waals surface area contributed by atoms with Gasteiger partial charge >= 0.3 is 0 Å². The van der Waals surface area contributed by atoms with Crippen molar-refractivity contribution < 1.29 is 9.50 Å². The predicted octanol–water partition coefficient (Wildman–Crippen LogP) is 2.52. The Labute approximate surface area is 79.4 Å². The standard InChI is InChI=1S/C9H9BrFO/c1-6(5-12)7-2-8(10)4-9(11)3-7/h2-4,12H,5H2,1H3. The highest BCUT2D eigenvalue weighted by molar-refractivity contribution is 9.10. The minimum Gasteiger partial charge on any atom is -0.395 e. The fourth-order valence-electron chi connectivity index (χ4n) is 0.892. The molecular formula is C9H9BrFO. The Morgan fingerprint density at radius 2 is 2.17 bits per heavy atom. The molecular weight excluding hydrogens is 223 g/mol. The van der Waals surface area contributed by atoms with E-state index >= 15 is 0 Å². The molecule has 0 saturated heterocycles. The third kappa shape index (κ3) is 2.29. The summed E-state index contributed by atoms with van der Waals surface area (Å²) in [5.41, 5.74) is 0.726. The topological polar surface area (TPSA) is 20.2 Å². The van der Waals surface area contributed by atoms with E-state index < -0.39 is 0 Å². The van der Waals surface area contributed by atoms with Gasteiger partial charge in [-0.15, -0.1) is 0 Å². The Kier molecular flexibility index (Phi) is 3.23. The first-order valence-corrected chi connectivity index (χ1v) is 4.32. The van der Waals surface area contributed by atoms with Crippen molar-refractivity contribution in [3.8, 4) is 0 Å². The average Bonchev–Trinajstić information content (AvgIpc) is 2.01. The number of hydrogen-bond donors (Lipinski definition) is 1. The Morgan fingerprint density at radius 3 is 2.67 bits per heavy atom. The molecule has 1 aromatic rings. The smallest absolute Gasteiger partial charge is 0.124 e. The molecule has 1 aromatic carbocycles. The molecule has 0 amide bonds. The zero-order valence-corrected chi connectivity index (χ0v) is 8.23. The van der Waals surface area contributed by atoms with Crippen molar-refractivity contribution in [2.45, 2.75) is 6.92 Å². The third-order valence-corrected chi connectivity index (χ3v) is 2.05. The number of aliphatic hydroxyl groups is 1. The molecule has 12 heavy (non-hydrogen) atoms. The van der Waals surface area contributed by atoms with Gasteiger partial charge in [-0.05, 0) is 23.8 Å². The van der Waals surface area contributed by atoms with E-state index in [4.69, 9.17) is 5.11 Å².